The van der Waals surface area contributed by atoms with Gasteiger partial charge < -0.3 is 4.90 Å². The van der Waals surface area contributed by atoms with Crippen molar-refractivity contribution in [3.05, 3.63) is 24.2 Å². The number of hydrogen-bond acceptors (Lipinski definition) is 3. The maximum absolute atomic E-state index is 4.67. The van der Waals surface area contributed by atoms with Crippen LogP contribution in [-0.2, 0) is 0 Å². The van der Waals surface area contributed by atoms with Gasteiger partial charge in [-0.05, 0) is 37.2 Å². The summed E-state index contributed by atoms with van der Waals surface area (Å²) >= 11 is 3.57. The molecule has 0 aromatic carbocycles. The molecule has 0 spiro atoms. The van der Waals surface area contributed by atoms with Crippen LogP contribution in [0.5, 0.6) is 0 Å². The van der Waals surface area contributed by atoms with Crippen LogP contribution in [0, 0.1) is 5.92 Å². The number of alkyl halides is 1. The molecule has 0 radical (unpaired) electrons. The topological polar surface area (TPSA) is 33.4 Å². The lowest BCUT2D eigenvalue weighted by molar-refractivity contribution is 0.406. The first-order chi connectivity index (χ1) is 10.2. The lowest BCUT2D eigenvalue weighted by atomic mass is 9.95. The minimum Gasteiger partial charge on any atom is -0.355 e. The Morgan fingerprint density at radius 2 is 2.29 bits per heavy atom. The number of hydrogen-bond donors (Lipinski definition) is 0. The summed E-state index contributed by atoms with van der Waals surface area (Å²) in [7, 11) is 0. The highest BCUT2D eigenvalue weighted by atomic mass is 79.9. The normalized spacial score (nSPS) is 19.6. The number of piperidine rings is 1. The summed E-state index contributed by atoms with van der Waals surface area (Å²) in [5.74, 6) is 2.31. The Balaban J connectivity index is 1.92. The SMILES string of the molecule is CC(C)c1cc2c(N3CCCC(CCBr)C3)nccn2n1. The molecule has 0 amide bonds. The van der Waals surface area contributed by atoms with Gasteiger partial charge in [-0.3, -0.25) is 0 Å². The van der Waals surface area contributed by atoms with Gasteiger partial charge in [0.2, 0.25) is 0 Å². The predicted molar refractivity (Wildman–Crippen MR) is 90.4 cm³/mol. The summed E-state index contributed by atoms with van der Waals surface area (Å²) in [6.07, 6.45) is 7.65. The summed E-state index contributed by atoms with van der Waals surface area (Å²) in [4.78, 5) is 7.09. The fourth-order valence-corrected chi connectivity index (χ4v) is 3.75. The van der Waals surface area contributed by atoms with Gasteiger partial charge in [0.05, 0.1) is 5.69 Å². The van der Waals surface area contributed by atoms with Gasteiger partial charge in [-0.2, -0.15) is 5.10 Å². The van der Waals surface area contributed by atoms with E-state index >= 15 is 0 Å². The summed E-state index contributed by atoms with van der Waals surface area (Å²) in [6.45, 7) is 6.58. The van der Waals surface area contributed by atoms with Crippen LogP contribution in [0.1, 0.15) is 44.7 Å². The Hall–Kier alpha value is -1.10. The first-order valence-corrected chi connectivity index (χ1v) is 8.96. The molecule has 2 aromatic rings. The Labute approximate surface area is 134 Å². The molecule has 1 atom stereocenters. The lowest BCUT2D eigenvalue weighted by Crippen LogP contribution is -2.36. The van der Waals surface area contributed by atoms with E-state index in [1.165, 1.54) is 19.3 Å². The van der Waals surface area contributed by atoms with Crippen LogP contribution in [0.25, 0.3) is 5.52 Å². The van der Waals surface area contributed by atoms with Crippen LogP contribution in [0.15, 0.2) is 18.5 Å². The molecule has 1 unspecified atom stereocenters. The van der Waals surface area contributed by atoms with Crippen molar-refractivity contribution >= 4 is 27.3 Å². The van der Waals surface area contributed by atoms with Crippen LogP contribution in [0.3, 0.4) is 0 Å². The van der Waals surface area contributed by atoms with E-state index in [4.69, 9.17) is 0 Å². The van der Waals surface area contributed by atoms with Gasteiger partial charge in [-0.15, -0.1) is 0 Å². The Morgan fingerprint density at radius 3 is 3.05 bits per heavy atom. The molecular weight excluding hydrogens is 328 g/mol. The molecule has 3 heterocycles. The average Bonchev–Trinajstić information content (AvgIpc) is 2.92. The zero-order valence-corrected chi connectivity index (χ0v) is 14.4. The zero-order valence-electron chi connectivity index (χ0n) is 12.8. The molecule has 0 N–H and O–H groups in total. The fourth-order valence-electron chi connectivity index (χ4n) is 3.10. The minimum absolute atomic E-state index is 0.445. The van der Waals surface area contributed by atoms with Gasteiger partial charge in [0, 0.05) is 30.8 Å². The van der Waals surface area contributed by atoms with Crippen molar-refractivity contribution in [2.75, 3.05) is 23.3 Å². The van der Waals surface area contributed by atoms with Crippen LogP contribution >= 0.6 is 15.9 Å². The van der Waals surface area contributed by atoms with E-state index in [1.807, 2.05) is 16.9 Å². The minimum atomic E-state index is 0.445. The Morgan fingerprint density at radius 1 is 1.43 bits per heavy atom. The first-order valence-electron chi connectivity index (χ1n) is 7.84. The number of rotatable bonds is 4. The molecule has 0 bridgehead atoms. The molecule has 1 aliphatic rings. The molecule has 0 saturated carbocycles. The second kappa shape index (κ2) is 6.34. The smallest absolute Gasteiger partial charge is 0.154 e. The highest BCUT2D eigenvalue weighted by molar-refractivity contribution is 9.09. The summed E-state index contributed by atoms with van der Waals surface area (Å²) in [5.41, 5.74) is 2.28. The maximum Gasteiger partial charge on any atom is 0.154 e. The van der Waals surface area contributed by atoms with Crippen LogP contribution in [0.4, 0.5) is 5.82 Å². The number of aromatic nitrogens is 3. The predicted octanol–water partition coefficient (Wildman–Crippen LogP) is 3.85. The van der Waals surface area contributed by atoms with Crippen molar-refractivity contribution in [2.24, 2.45) is 5.92 Å². The molecule has 3 rings (SSSR count). The Kier molecular flexibility index (Phi) is 4.48. The van der Waals surface area contributed by atoms with E-state index in [2.05, 4.69) is 50.8 Å². The van der Waals surface area contributed by atoms with Gasteiger partial charge in [0.25, 0.3) is 0 Å². The van der Waals surface area contributed by atoms with E-state index in [1.54, 1.807) is 0 Å². The van der Waals surface area contributed by atoms with Crippen molar-refractivity contribution in [3.8, 4) is 0 Å². The number of fused-ring (bicyclic) bond motifs is 1. The number of halogens is 1. The van der Waals surface area contributed by atoms with Crippen LogP contribution < -0.4 is 4.90 Å². The van der Waals surface area contributed by atoms with E-state index in [9.17, 15) is 0 Å². The van der Waals surface area contributed by atoms with Crippen molar-refractivity contribution in [2.45, 2.75) is 39.0 Å². The van der Waals surface area contributed by atoms with Crippen molar-refractivity contribution in [1.29, 1.82) is 0 Å². The number of nitrogens with zero attached hydrogens (tertiary/aromatic N) is 4. The van der Waals surface area contributed by atoms with Gasteiger partial charge >= 0.3 is 0 Å². The monoisotopic (exact) mass is 350 g/mol. The molecule has 114 valence electrons. The van der Waals surface area contributed by atoms with Gasteiger partial charge in [0.15, 0.2) is 5.82 Å². The first kappa shape index (κ1) is 14.8. The highest BCUT2D eigenvalue weighted by Crippen LogP contribution is 2.28. The number of anilines is 1. The van der Waals surface area contributed by atoms with Crippen molar-refractivity contribution in [3.63, 3.8) is 0 Å². The van der Waals surface area contributed by atoms with Crippen molar-refractivity contribution < 1.29 is 0 Å². The Bertz CT molecular complexity index is 605. The van der Waals surface area contributed by atoms with Crippen LogP contribution in [0.2, 0.25) is 0 Å². The van der Waals surface area contributed by atoms with Gasteiger partial charge in [0.1, 0.15) is 5.52 Å². The zero-order chi connectivity index (χ0) is 14.8. The van der Waals surface area contributed by atoms with E-state index in [-0.39, 0.29) is 0 Å². The molecule has 2 aromatic heterocycles. The summed E-state index contributed by atoms with van der Waals surface area (Å²) in [5, 5.41) is 5.76. The van der Waals surface area contributed by atoms with E-state index in [0.29, 0.717) is 5.92 Å². The molecule has 4 nitrogen and oxygen atoms in total. The van der Waals surface area contributed by atoms with E-state index < -0.39 is 0 Å². The quantitative estimate of drug-likeness (QED) is 0.785. The van der Waals surface area contributed by atoms with Gasteiger partial charge in [-0.25, -0.2) is 9.50 Å². The fraction of sp³-hybridized carbons (Fsp3) is 0.625. The largest absolute Gasteiger partial charge is 0.355 e. The van der Waals surface area contributed by atoms with E-state index in [0.717, 1.165) is 41.4 Å². The van der Waals surface area contributed by atoms with Crippen LogP contribution in [-0.4, -0.2) is 33.0 Å². The maximum atomic E-state index is 4.67. The summed E-state index contributed by atoms with van der Waals surface area (Å²) in [6, 6.07) is 2.20. The lowest BCUT2D eigenvalue weighted by Gasteiger charge is -2.33. The van der Waals surface area contributed by atoms with Gasteiger partial charge in [-0.1, -0.05) is 29.8 Å². The molecule has 1 fully saturated rings. The molecule has 0 aliphatic carbocycles. The summed E-state index contributed by atoms with van der Waals surface area (Å²) < 4.78 is 1.98. The third-order valence-corrected chi connectivity index (χ3v) is 4.77. The third kappa shape index (κ3) is 3.07. The molecular formula is C16H23BrN4. The molecule has 5 heteroatoms. The average molecular weight is 351 g/mol. The molecule has 1 aliphatic heterocycles. The van der Waals surface area contributed by atoms with Crippen molar-refractivity contribution in [1.82, 2.24) is 14.6 Å². The third-order valence-electron chi connectivity index (χ3n) is 4.32. The molecule has 1 saturated heterocycles. The second-order valence-corrected chi connectivity index (χ2v) is 7.03. The molecule has 21 heavy (non-hydrogen) atoms. The standard InChI is InChI=1S/C16H23BrN4/c1-12(2)14-10-15-16(18-7-9-21(15)19-14)20-8-3-4-13(11-20)5-6-17/h7,9-10,12-13H,3-6,8,11H2,1-2H3. The second-order valence-electron chi connectivity index (χ2n) is 6.24. The highest BCUT2D eigenvalue weighted by Gasteiger charge is 2.22.